The summed E-state index contributed by atoms with van der Waals surface area (Å²) >= 11 is 0. The van der Waals surface area contributed by atoms with E-state index in [4.69, 9.17) is 0 Å². The Hall–Kier alpha value is -0.200. The van der Waals surface area contributed by atoms with Crippen molar-refractivity contribution >= 4 is 0 Å². The monoisotopic (exact) mass is 246 g/mol. The van der Waals surface area contributed by atoms with Gasteiger partial charge in [0.2, 0.25) is 0 Å². The van der Waals surface area contributed by atoms with E-state index in [0.717, 1.165) is 13.0 Å². The molecule has 0 spiro atoms. The van der Waals surface area contributed by atoms with Crippen LogP contribution in [0, 0.1) is 0 Å². The molecule has 1 aliphatic rings. The van der Waals surface area contributed by atoms with E-state index in [1.165, 1.54) is 19.3 Å². The number of likely N-dealkylation sites (tertiary alicyclic amines) is 1. The number of hydrogen-bond acceptors (Lipinski definition) is 5. The highest BCUT2D eigenvalue weighted by Gasteiger charge is 2.27. The molecule has 4 N–H and O–H groups in total. The Morgan fingerprint density at radius 3 is 2.35 bits per heavy atom. The molecule has 0 aromatic rings. The third kappa shape index (κ3) is 4.19. The smallest absolute Gasteiger partial charge is 0.0881 e. The maximum Gasteiger partial charge on any atom is 0.0881 e. The lowest BCUT2D eigenvalue weighted by Gasteiger charge is -2.34. The highest BCUT2D eigenvalue weighted by molar-refractivity contribution is 4.87. The van der Waals surface area contributed by atoms with Crippen LogP contribution in [0.1, 0.15) is 25.7 Å². The summed E-state index contributed by atoms with van der Waals surface area (Å²) < 4.78 is 0. The summed E-state index contributed by atoms with van der Waals surface area (Å²) in [6.07, 6.45) is 4.75. The average molecular weight is 246 g/mol. The van der Waals surface area contributed by atoms with Gasteiger partial charge in [0.25, 0.3) is 0 Å². The molecule has 0 amide bonds. The van der Waals surface area contributed by atoms with Gasteiger partial charge in [0.05, 0.1) is 25.4 Å². The van der Waals surface area contributed by atoms with E-state index in [2.05, 4.69) is 17.3 Å². The molecular formula is C12H26N2O3. The molecule has 0 aliphatic carbocycles. The second-order valence-electron chi connectivity index (χ2n) is 5.10. The van der Waals surface area contributed by atoms with Crippen molar-refractivity contribution in [3.05, 3.63) is 0 Å². The molecule has 0 aromatic heterocycles. The summed E-state index contributed by atoms with van der Waals surface area (Å²) in [6.45, 7) is 1.11. The first-order chi connectivity index (χ1) is 8.17. The summed E-state index contributed by atoms with van der Waals surface area (Å²) in [7, 11) is 2.14. The maximum atomic E-state index is 9.17. The molecule has 1 saturated heterocycles. The van der Waals surface area contributed by atoms with Crippen LogP contribution in [0.15, 0.2) is 0 Å². The quantitative estimate of drug-likeness (QED) is 0.471. The first-order valence-corrected chi connectivity index (χ1v) is 6.45. The number of piperidine rings is 1. The fourth-order valence-electron chi connectivity index (χ4n) is 2.33. The Morgan fingerprint density at radius 1 is 1.18 bits per heavy atom. The van der Waals surface area contributed by atoms with Gasteiger partial charge in [0.1, 0.15) is 0 Å². The third-order valence-corrected chi connectivity index (χ3v) is 3.81. The van der Waals surface area contributed by atoms with Crippen LogP contribution in [0.25, 0.3) is 0 Å². The van der Waals surface area contributed by atoms with Gasteiger partial charge in [-0.1, -0.05) is 6.42 Å². The normalized spacial score (nSPS) is 22.9. The minimum atomic E-state index is -0.937. The van der Waals surface area contributed by atoms with Gasteiger partial charge < -0.3 is 25.5 Å². The van der Waals surface area contributed by atoms with E-state index in [0.29, 0.717) is 12.6 Å². The van der Waals surface area contributed by atoms with Crippen molar-refractivity contribution < 1.29 is 15.3 Å². The molecule has 5 nitrogen and oxygen atoms in total. The summed E-state index contributed by atoms with van der Waals surface area (Å²) in [5.74, 6) is 0. The first-order valence-electron chi connectivity index (χ1n) is 6.45. The lowest BCUT2D eigenvalue weighted by atomic mass is 9.98. The molecule has 1 atom stereocenters. The fraction of sp³-hybridized carbons (Fsp3) is 1.00. The zero-order valence-corrected chi connectivity index (χ0v) is 10.7. The van der Waals surface area contributed by atoms with Crippen molar-refractivity contribution in [3.63, 3.8) is 0 Å². The molecule has 5 heteroatoms. The number of nitrogens with zero attached hydrogens (tertiary/aromatic N) is 1. The van der Waals surface area contributed by atoms with Gasteiger partial charge in [-0.05, 0) is 39.4 Å². The predicted octanol–water partition coefficient (Wildman–Crippen LogP) is -0.834. The number of nitrogens with one attached hydrogen (secondary N) is 1. The molecule has 1 fully saturated rings. The molecule has 17 heavy (non-hydrogen) atoms. The van der Waals surface area contributed by atoms with Gasteiger partial charge in [-0.2, -0.15) is 0 Å². The van der Waals surface area contributed by atoms with Gasteiger partial charge in [-0.15, -0.1) is 0 Å². The molecule has 1 heterocycles. The van der Waals surface area contributed by atoms with Gasteiger partial charge in [-0.3, -0.25) is 0 Å². The zero-order chi connectivity index (χ0) is 12.7. The fourth-order valence-corrected chi connectivity index (χ4v) is 2.33. The molecule has 0 saturated carbocycles. The van der Waals surface area contributed by atoms with E-state index in [1.54, 1.807) is 0 Å². The van der Waals surface area contributed by atoms with E-state index in [9.17, 15) is 15.3 Å². The van der Waals surface area contributed by atoms with Gasteiger partial charge in [0.15, 0.2) is 0 Å². The number of rotatable bonds is 7. The van der Waals surface area contributed by atoms with E-state index in [1.807, 2.05) is 0 Å². The molecule has 0 aromatic carbocycles. The van der Waals surface area contributed by atoms with Crippen LogP contribution in [-0.2, 0) is 0 Å². The molecule has 0 bridgehead atoms. The molecule has 1 unspecified atom stereocenters. The Morgan fingerprint density at radius 2 is 1.82 bits per heavy atom. The van der Waals surface area contributed by atoms with Crippen LogP contribution in [-0.4, -0.2) is 71.8 Å². The third-order valence-electron chi connectivity index (χ3n) is 3.81. The minimum Gasteiger partial charge on any atom is -0.394 e. The predicted molar refractivity (Wildman–Crippen MR) is 66.9 cm³/mol. The lowest BCUT2D eigenvalue weighted by Crippen LogP contribution is -2.55. The van der Waals surface area contributed by atoms with Crippen molar-refractivity contribution in [1.29, 1.82) is 0 Å². The summed E-state index contributed by atoms with van der Waals surface area (Å²) in [5, 5.41) is 30.6. The zero-order valence-electron chi connectivity index (χ0n) is 10.7. The topological polar surface area (TPSA) is 76.0 Å². The highest BCUT2D eigenvalue weighted by Crippen LogP contribution is 2.17. The van der Waals surface area contributed by atoms with Crippen LogP contribution in [0.4, 0.5) is 0 Å². The van der Waals surface area contributed by atoms with E-state index in [-0.39, 0.29) is 19.8 Å². The van der Waals surface area contributed by atoms with Crippen molar-refractivity contribution in [2.24, 2.45) is 0 Å². The van der Waals surface area contributed by atoms with Crippen molar-refractivity contribution in [1.82, 2.24) is 10.2 Å². The van der Waals surface area contributed by atoms with Crippen LogP contribution in [0.2, 0.25) is 0 Å². The van der Waals surface area contributed by atoms with Gasteiger partial charge in [-0.25, -0.2) is 0 Å². The Labute approximate surface area is 103 Å². The van der Waals surface area contributed by atoms with Crippen LogP contribution >= 0.6 is 0 Å². The van der Waals surface area contributed by atoms with Gasteiger partial charge >= 0.3 is 0 Å². The SMILES string of the molecule is CN1CCCCC1CCNC(CO)(CO)CO. The maximum absolute atomic E-state index is 9.17. The lowest BCUT2D eigenvalue weighted by molar-refractivity contribution is 0.0404. The average Bonchev–Trinajstić information content (AvgIpc) is 2.37. The second-order valence-corrected chi connectivity index (χ2v) is 5.10. The molecular weight excluding hydrogens is 220 g/mol. The Balaban J connectivity index is 2.30. The second kappa shape index (κ2) is 7.28. The molecule has 1 rings (SSSR count). The van der Waals surface area contributed by atoms with Crippen LogP contribution in [0.3, 0.4) is 0 Å². The van der Waals surface area contributed by atoms with E-state index >= 15 is 0 Å². The largest absolute Gasteiger partial charge is 0.394 e. The first kappa shape index (κ1) is 14.9. The molecule has 0 radical (unpaired) electrons. The summed E-state index contributed by atoms with van der Waals surface area (Å²) in [4.78, 5) is 2.36. The summed E-state index contributed by atoms with van der Waals surface area (Å²) in [5.41, 5.74) is -0.937. The Bertz CT molecular complexity index is 202. The van der Waals surface area contributed by atoms with Crippen LogP contribution in [0.5, 0.6) is 0 Å². The Kier molecular flexibility index (Phi) is 6.37. The standard InChI is InChI=1S/C12H26N2O3/c1-14-7-3-2-4-11(14)5-6-13-12(8-15,9-16)10-17/h11,13,15-17H,2-10H2,1H3. The van der Waals surface area contributed by atoms with Crippen LogP contribution < -0.4 is 5.32 Å². The highest BCUT2D eigenvalue weighted by atomic mass is 16.3. The molecule has 102 valence electrons. The summed E-state index contributed by atoms with van der Waals surface area (Å²) in [6, 6.07) is 0.574. The van der Waals surface area contributed by atoms with Crippen molar-refractivity contribution in [2.45, 2.75) is 37.3 Å². The molecule has 1 aliphatic heterocycles. The van der Waals surface area contributed by atoms with E-state index < -0.39 is 5.54 Å². The minimum absolute atomic E-state index is 0.249. The number of aliphatic hydroxyl groups excluding tert-OH is 3. The van der Waals surface area contributed by atoms with Crippen molar-refractivity contribution in [2.75, 3.05) is 40.0 Å². The van der Waals surface area contributed by atoms with Gasteiger partial charge in [0, 0.05) is 6.04 Å². The van der Waals surface area contributed by atoms with Crippen molar-refractivity contribution in [3.8, 4) is 0 Å². The number of aliphatic hydroxyl groups is 3. The number of hydrogen-bond donors (Lipinski definition) is 4.